The number of rotatable bonds is 7. The highest BCUT2D eigenvalue weighted by atomic mass is 79.9. The molecule has 1 aromatic carbocycles. The molecule has 1 heterocycles. The Morgan fingerprint density at radius 3 is 2.95 bits per heavy atom. The molecule has 2 rings (SSSR count). The number of hydrogen-bond donors (Lipinski definition) is 1. The third-order valence-corrected chi connectivity index (χ3v) is 3.93. The molecule has 6 heteroatoms. The largest absolute Gasteiger partial charge is 0.383 e. The molecule has 0 amide bonds. The van der Waals surface area contributed by atoms with Crippen LogP contribution < -0.4 is 5.32 Å². The normalized spacial score (nSPS) is 11.0. The van der Waals surface area contributed by atoms with Crippen LogP contribution in [-0.4, -0.2) is 30.0 Å². The fraction of sp³-hybridized carbons (Fsp3) is 0.400. The summed E-state index contributed by atoms with van der Waals surface area (Å²) < 4.78 is 20.6. The molecule has 0 bridgehead atoms. The minimum atomic E-state index is -0.251. The van der Waals surface area contributed by atoms with Gasteiger partial charge in [0.05, 0.1) is 23.8 Å². The summed E-state index contributed by atoms with van der Waals surface area (Å²) >= 11 is 3.21. The van der Waals surface area contributed by atoms with Gasteiger partial charge in [0.15, 0.2) is 0 Å². The Morgan fingerprint density at radius 1 is 1.43 bits per heavy atom. The van der Waals surface area contributed by atoms with Crippen molar-refractivity contribution < 1.29 is 9.13 Å². The van der Waals surface area contributed by atoms with Gasteiger partial charge < -0.3 is 10.1 Å². The van der Waals surface area contributed by atoms with Gasteiger partial charge in [0.2, 0.25) is 0 Å². The molecule has 21 heavy (non-hydrogen) atoms. The zero-order valence-electron chi connectivity index (χ0n) is 12.2. The Bertz CT molecular complexity index is 601. The summed E-state index contributed by atoms with van der Waals surface area (Å²) in [6.45, 7) is 4.94. The summed E-state index contributed by atoms with van der Waals surface area (Å²) in [6, 6.07) is 5.02. The smallest absolute Gasteiger partial charge is 0.137 e. The monoisotopic (exact) mass is 355 g/mol. The quantitative estimate of drug-likeness (QED) is 0.776. The van der Waals surface area contributed by atoms with Gasteiger partial charge in [-0.2, -0.15) is 5.10 Å². The van der Waals surface area contributed by atoms with Gasteiger partial charge in [-0.25, -0.2) is 4.39 Å². The summed E-state index contributed by atoms with van der Waals surface area (Å²) in [5.74, 6) is -0.251. The predicted octanol–water partition coefficient (Wildman–Crippen LogP) is 2.88. The van der Waals surface area contributed by atoms with Crippen molar-refractivity contribution in [3.63, 3.8) is 0 Å². The number of aromatic nitrogens is 2. The van der Waals surface area contributed by atoms with Crippen LogP contribution in [0.25, 0.3) is 0 Å². The molecule has 0 aliphatic heterocycles. The SMILES string of the molecule is COCCNCc1cnn(Cc2ccc(F)c(Br)c2)c1C. The molecule has 0 saturated carbocycles. The fourth-order valence-electron chi connectivity index (χ4n) is 2.03. The lowest BCUT2D eigenvalue weighted by Crippen LogP contribution is -2.18. The third-order valence-electron chi connectivity index (χ3n) is 3.32. The van der Waals surface area contributed by atoms with Crippen molar-refractivity contribution in [2.24, 2.45) is 0 Å². The molecular weight excluding hydrogens is 337 g/mol. The minimum Gasteiger partial charge on any atom is -0.383 e. The Labute approximate surface area is 132 Å². The summed E-state index contributed by atoms with van der Waals surface area (Å²) in [4.78, 5) is 0. The van der Waals surface area contributed by atoms with Crippen molar-refractivity contribution in [2.75, 3.05) is 20.3 Å². The van der Waals surface area contributed by atoms with Crippen LogP contribution in [0.5, 0.6) is 0 Å². The standard InChI is InChI=1S/C15H19BrFN3O/c1-11-13(8-18-5-6-21-2)9-19-20(11)10-12-3-4-15(17)14(16)7-12/h3-4,7,9,18H,5-6,8,10H2,1-2H3. The van der Waals surface area contributed by atoms with Crippen LogP contribution in [-0.2, 0) is 17.8 Å². The summed E-state index contributed by atoms with van der Waals surface area (Å²) in [5, 5.41) is 7.70. The van der Waals surface area contributed by atoms with Gasteiger partial charge in [-0.3, -0.25) is 4.68 Å². The van der Waals surface area contributed by atoms with E-state index in [2.05, 4.69) is 26.3 Å². The lowest BCUT2D eigenvalue weighted by Gasteiger charge is -2.07. The molecule has 0 aliphatic rings. The first-order valence-electron chi connectivity index (χ1n) is 6.76. The highest BCUT2D eigenvalue weighted by Crippen LogP contribution is 2.18. The molecule has 1 aromatic heterocycles. The summed E-state index contributed by atoms with van der Waals surface area (Å²) in [5.41, 5.74) is 3.28. The second-order valence-corrected chi connectivity index (χ2v) is 5.69. The van der Waals surface area contributed by atoms with E-state index in [0.717, 1.165) is 29.9 Å². The lowest BCUT2D eigenvalue weighted by molar-refractivity contribution is 0.199. The van der Waals surface area contributed by atoms with Gasteiger partial charge in [-0.15, -0.1) is 0 Å². The number of nitrogens with zero attached hydrogens (tertiary/aromatic N) is 2. The zero-order chi connectivity index (χ0) is 15.2. The van der Waals surface area contributed by atoms with Gasteiger partial charge in [0, 0.05) is 31.5 Å². The van der Waals surface area contributed by atoms with Crippen LogP contribution in [0.3, 0.4) is 0 Å². The van der Waals surface area contributed by atoms with Gasteiger partial charge in [-0.1, -0.05) is 6.07 Å². The average Bonchev–Trinajstić information content (AvgIpc) is 2.80. The lowest BCUT2D eigenvalue weighted by atomic mass is 10.2. The number of halogens is 2. The second-order valence-electron chi connectivity index (χ2n) is 4.83. The highest BCUT2D eigenvalue weighted by Gasteiger charge is 2.08. The van der Waals surface area contributed by atoms with Crippen LogP contribution >= 0.6 is 15.9 Å². The molecule has 0 unspecified atom stereocenters. The predicted molar refractivity (Wildman–Crippen MR) is 83.7 cm³/mol. The Kier molecular flexibility index (Phi) is 5.90. The number of benzene rings is 1. The first-order valence-corrected chi connectivity index (χ1v) is 7.56. The van der Waals surface area contributed by atoms with Crippen molar-refractivity contribution in [3.05, 3.63) is 51.5 Å². The molecule has 114 valence electrons. The van der Waals surface area contributed by atoms with Crippen LogP contribution in [0.2, 0.25) is 0 Å². The Morgan fingerprint density at radius 2 is 2.24 bits per heavy atom. The first-order chi connectivity index (χ1) is 10.1. The van der Waals surface area contributed by atoms with Gasteiger partial charge in [0.1, 0.15) is 5.82 Å². The maximum Gasteiger partial charge on any atom is 0.137 e. The van der Waals surface area contributed by atoms with Gasteiger partial charge in [-0.05, 0) is 40.5 Å². The van der Waals surface area contributed by atoms with Crippen molar-refractivity contribution in [2.45, 2.75) is 20.0 Å². The highest BCUT2D eigenvalue weighted by molar-refractivity contribution is 9.10. The van der Waals surface area contributed by atoms with E-state index in [4.69, 9.17) is 4.74 Å². The third kappa shape index (κ3) is 4.36. The van der Waals surface area contributed by atoms with E-state index in [9.17, 15) is 4.39 Å². The fourth-order valence-corrected chi connectivity index (χ4v) is 2.45. The summed E-state index contributed by atoms with van der Waals surface area (Å²) in [7, 11) is 1.69. The van der Waals surface area contributed by atoms with E-state index in [0.29, 0.717) is 17.6 Å². The van der Waals surface area contributed by atoms with E-state index >= 15 is 0 Å². The maximum absolute atomic E-state index is 13.2. The van der Waals surface area contributed by atoms with E-state index in [-0.39, 0.29) is 5.82 Å². The minimum absolute atomic E-state index is 0.251. The van der Waals surface area contributed by atoms with Crippen molar-refractivity contribution in [1.82, 2.24) is 15.1 Å². The van der Waals surface area contributed by atoms with Gasteiger partial charge in [0.25, 0.3) is 0 Å². The molecule has 2 aromatic rings. The van der Waals surface area contributed by atoms with E-state index < -0.39 is 0 Å². The Balaban J connectivity index is 2.00. The molecule has 0 fully saturated rings. The van der Waals surface area contributed by atoms with Crippen LogP contribution in [0.1, 0.15) is 16.8 Å². The Hall–Kier alpha value is -1.24. The van der Waals surface area contributed by atoms with E-state index in [1.165, 1.54) is 6.07 Å². The number of ether oxygens (including phenoxy) is 1. The molecule has 0 atom stereocenters. The second kappa shape index (κ2) is 7.68. The molecule has 0 aliphatic carbocycles. The van der Waals surface area contributed by atoms with Crippen LogP contribution in [0.15, 0.2) is 28.9 Å². The molecule has 0 radical (unpaired) electrons. The zero-order valence-corrected chi connectivity index (χ0v) is 13.8. The number of nitrogens with one attached hydrogen (secondary N) is 1. The van der Waals surface area contributed by atoms with Crippen molar-refractivity contribution in [1.29, 1.82) is 0 Å². The summed E-state index contributed by atoms with van der Waals surface area (Å²) in [6.07, 6.45) is 1.87. The molecule has 0 spiro atoms. The molecule has 4 nitrogen and oxygen atoms in total. The van der Waals surface area contributed by atoms with Crippen molar-refractivity contribution in [3.8, 4) is 0 Å². The molecule has 0 saturated heterocycles. The first kappa shape index (κ1) is 16.1. The van der Waals surface area contributed by atoms with Crippen LogP contribution in [0, 0.1) is 12.7 Å². The van der Waals surface area contributed by atoms with E-state index in [1.807, 2.05) is 17.8 Å². The van der Waals surface area contributed by atoms with E-state index in [1.54, 1.807) is 19.2 Å². The molecule has 1 N–H and O–H groups in total. The van der Waals surface area contributed by atoms with Crippen molar-refractivity contribution >= 4 is 15.9 Å². The topological polar surface area (TPSA) is 39.1 Å². The average molecular weight is 356 g/mol. The number of hydrogen-bond acceptors (Lipinski definition) is 3. The number of methoxy groups -OCH3 is 1. The molecular formula is C15H19BrFN3O. The van der Waals surface area contributed by atoms with Gasteiger partial charge >= 0.3 is 0 Å². The maximum atomic E-state index is 13.2. The van der Waals surface area contributed by atoms with Crippen LogP contribution in [0.4, 0.5) is 4.39 Å².